The lowest BCUT2D eigenvalue weighted by atomic mass is 9.99. The second-order valence-corrected chi connectivity index (χ2v) is 5.89. The molecule has 0 spiro atoms. The van der Waals surface area contributed by atoms with Crippen molar-refractivity contribution in [3.63, 3.8) is 0 Å². The number of anilines is 2. The van der Waals surface area contributed by atoms with Crippen LogP contribution in [0.5, 0.6) is 0 Å². The fourth-order valence-corrected chi connectivity index (χ4v) is 3.76. The zero-order chi connectivity index (χ0) is 14.4. The van der Waals surface area contributed by atoms with Crippen LogP contribution in [0, 0.1) is 0 Å². The lowest BCUT2D eigenvalue weighted by molar-refractivity contribution is -0.130. The van der Waals surface area contributed by atoms with Crippen LogP contribution in [-0.2, 0) is 4.79 Å². The molecule has 1 atom stereocenters. The number of benzene rings is 1. The molecule has 1 unspecified atom stereocenters. The van der Waals surface area contributed by atoms with E-state index in [1.165, 1.54) is 5.57 Å². The van der Waals surface area contributed by atoms with Crippen LogP contribution in [-0.4, -0.2) is 16.3 Å². The average Bonchev–Trinajstić information content (AvgIpc) is 2.53. The first-order valence-corrected chi connectivity index (χ1v) is 7.48. The van der Waals surface area contributed by atoms with E-state index in [2.05, 4.69) is 22.2 Å². The molecule has 3 aliphatic rings. The van der Waals surface area contributed by atoms with Crippen molar-refractivity contribution in [3.8, 4) is 0 Å². The number of aliphatic carboxylic acids is 1. The van der Waals surface area contributed by atoms with Crippen LogP contribution in [0.1, 0.15) is 0 Å². The van der Waals surface area contributed by atoms with Gasteiger partial charge in [-0.05, 0) is 23.6 Å². The van der Waals surface area contributed by atoms with Crippen LogP contribution >= 0.6 is 11.9 Å². The minimum Gasteiger partial charge on any atom is -0.478 e. The monoisotopic (exact) mass is 296 g/mol. The molecule has 3 N–H and O–H groups in total. The van der Waals surface area contributed by atoms with Crippen LogP contribution in [0.4, 0.5) is 11.4 Å². The maximum atomic E-state index is 11.3. The number of carboxylic acid groups (broad SMARTS) is 1. The first-order chi connectivity index (χ1) is 10.3. The fourth-order valence-electron chi connectivity index (χ4n) is 2.80. The number of carboxylic acids is 1. The van der Waals surface area contributed by atoms with Gasteiger partial charge in [0.25, 0.3) is 0 Å². The van der Waals surface area contributed by atoms with E-state index in [1.807, 2.05) is 24.3 Å². The minimum atomic E-state index is -0.913. The van der Waals surface area contributed by atoms with Gasteiger partial charge in [-0.25, -0.2) is 4.79 Å². The maximum Gasteiger partial charge on any atom is 0.336 e. The maximum absolute atomic E-state index is 11.3. The molecule has 4 nitrogen and oxygen atoms in total. The highest BCUT2D eigenvalue weighted by Gasteiger charge is 2.23. The van der Waals surface area contributed by atoms with Crippen LogP contribution in [0.2, 0.25) is 0 Å². The molecular weight excluding hydrogens is 284 g/mol. The van der Waals surface area contributed by atoms with Crippen LogP contribution in [0.15, 0.2) is 48.7 Å². The van der Waals surface area contributed by atoms with Gasteiger partial charge in [-0.1, -0.05) is 36.4 Å². The number of fused-ring (bicyclic) bond motifs is 4. The van der Waals surface area contributed by atoms with E-state index in [9.17, 15) is 9.90 Å². The van der Waals surface area contributed by atoms with E-state index < -0.39 is 5.97 Å². The number of carbonyl (C=O) groups is 1. The Balaban J connectivity index is 2.07. The summed E-state index contributed by atoms with van der Waals surface area (Å²) in [6.45, 7) is 0. The number of hydrogen-bond acceptors (Lipinski definition) is 4. The molecule has 21 heavy (non-hydrogen) atoms. The average molecular weight is 296 g/mol. The SMILES string of the molecule is O=C(O)C1=c2ccc3c(c2NC=C1)NSC1C=CC=CC=31. The highest BCUT2D eigenvalue weighted by atomic mass is 32.2. The molecule has 0 saturated heterocycles. The second-order valence-electron chi connectivity index (χ2n) is 4.95. The molecule has 0 fully saturated rings. The molecule has 1 aliphatic carbocycles. The molecule has 4 rings (SSSR count). The van der Waals surface area contributed by atoms with Crippen molar-refractivity contribution in [2.75, 3.05) is 10.0 Å². The summed E-state index contributed by atoms with van der Waals surface area (Å²) >= 11 is 1.63. The summed E-state index contributed by atoms with van der Waals surface area (Å²) in [5, 5.41) is 14.6. The minimum absolute atomic E-state index is 0.294. The van der Waals surface area contributed by atoms with E-state index in [0.29, 0.717) is 16.0 Å². The zero-order valence-corrected chi connectivity index (χ0v) is 11.8. The van der Waals surface area contributed by atoms with Crippen molar-refractivity contribution in [1.29, 1.82) is 0 Å². The van der Waals surface area contributed by atoms with Gasteiger partial charge >= 0.3 is 5.97 Å². The number of rotatable bonds is 1. The van der Waals surface area contributed by atoms with Crippen molar-refractivity contribution in [1.82, 2.24) is 0 Å². The van der Waals surface area contributed by atoms with Crippen LogP contribution < -0.4 is 20.5 Å². The number of hydrogen-bond donors (Lipinski definition) is 3. The van der Waals surface area contributed by atoms with Gasteiger partial charge in [-0.2, -0.15) is 0 Å². The van der Waals surface area contributed by atoms with Crippen molar-refractivity contribution >= 4 is 40.4 Å². The molecule has 0 radical (unpaired) electrons. The molecule has 0 aromatic heterocycles. The van der Waals surface area contributed by atoms with Gasteiger partial charge in [0.15, 0.2) is 0 Å². The summed E-state index contributed by atoms with van der Waals surface area (Å²) < 4.78 is 3.36. The van der Waals surface area contributed by atoms with Crippen molar-refractivity contribution in [2.45, 2.75) is 5.25 Å². The molecule has 0 bridgehead atoms. The first-order valence-electron chi connectivity index (χ1n) is 6.60. The lowest BCUT2D eigenvalue weighted by Crippen LogP contribution is -2.30. The topological polar surface area (TPSA) is 61.4 Å². The van der Waals surface area contributed by atoms with Gasteiger partial charge < -0.3 is 15.1 Å². The predicted molar refractivity (Wildman–Crippen MR) is 86.2 cm³/mol. The summed E-state index contributed by atoms with van der Waals surface area (Å²) in [6, 6.07) is 3.87. The Hall–Kier alpha value is -2.40. The molecule has 0 saturated carbocycles. The zero-order valence-electron chi connectivity index (χ0n) is 11.0. The Morgan fingerprint density at radius 1 is 1.14 bits per heavy atom. The van der Waals surface area contributed by atoms with Gasteiger partial charge in [0.05, 0.1) is 22.2 Å². The molecule has 104 valence electrons. The van der Waals surface area contributed by atoms with E-state index >= 15 is 0 Å². The Bertz CT molecular complexity index is 865. The quantitative estimate of drug-likeness (QED) is 0.687. The summed E-state index contributed by atoms with van der Waals surface area (Å²) in [5.74, 6) is -0.913. The molecule has 1 aromatic carbocycles. The van der Waals surface area contributed by atoms with Crippen molar-refractivity contribution < 1.29 is 9.90 Å². The third kappa shape index (κ3) is 1.81. The fraction of sp³-hybridized carbons (Fsp3) is 0.0625. The van der Waals surface area contributed by atoms with Crippen molar-refractivity contribution in [2.24, 2.45) is 0 Å². The normalized spacial score (nSPS) is 21.0. The standard InChI is InChI=1S/C16H12N2O2S/c19-16(20)12-7-8-17-14-11(12)6-5-10-9-3-1-2-4-13(9)21-18-15(10)14/h1-8,13,17-18H,(H,19,20). The Morgan fingerprint density at radius 3 is 2.86 bits per heavy atom. The summed E-state index contributed by atoms with van der Waals surface area (Å²) in [6.07, 6.45) is 11.6. The van der Waals surface area contributed by atoms with E-state index in [1.54, 1.807) is 24.2 Å². The Morgan fingerprint density at radius 2 is 2.00 bits per heavy atom. The highest BCUT2D eigenvalue weighted by molar-refractivity contribution is 8.01. The molecule has 2 aliphatic heterocycles. The molecule has 0 amide bonds. The third-order valence-corrected chi connectivity index (χ3v) is 4.77. The van der Waals surface area contributed by atoms with Gasteiger partial charge in [-0.3, -0.25) is 0 Å². The molecule has 2 heterocycles. The van der Waals surface area contributed by atoms with Gasteiger partial charge in [0.2, 0.25) is 0 Å². The van der Waals surface area contributed by atoms with Crippen LogP contribution in [0.25, 0.3) is 11.1 Å². The first kappa shape index (κ1) is 12.3. The number of nitrogens with one attached hydrogen (secondary N) is 2. The molecular formula is C16H12N2O2S. The smallest absolute Gasteiger partial charge is 0.336 e. The highest BCUT2D eigenvalue weighted by Crippen LogP contribution is 2.32. The van der Waals surface area contributed by atoms with Crippen LogP contribution in [0.3, 0.4) is 0 Å². The summed E-state index contributed by atoms with van der Waals surface area (Å²) in [7, 11) is 0. The van der Waals surface area contributed by atoms with Gasteiger partial charge in [0.1, 0.15) is 0 Å². The van der Waals surface area contributed by atoms with Gasteiger partial charge in [0, 0.05) is 16.6 Å². The van der Waals surface area contributed by atoms with Gasteiger partial charge in [-0.15, -0.1) is 0 Å². The third-order valence-electron chi connectivity index (χ3n) is 3.78. The van der Waals surface area contributed by atoms with E-state index in [0.717, 1.165) is 16.6 Å². The number of allylic oxidation sites excluding steroid dienone is 3. The Labute approximate surface area is 125 Å². The largest absolute Gasteiger partial charge is 0.478 e. The molecule has 1 aromatic rings. The second kappa shape index (κ2) is 4.56. The summed E-state index contributed by atoms with van der Waals surface area (Å²) in [5.41, 5.74) is 3.33. The Kier molecular flexibility index (Phi) is 2.68. The van der Waals surface area contributed by atoms with E-state index in [-0.39, 0.29) is 0 Å². The lowest BCUT2D eigenvalue weighted by Gasteiger charge is -2.26. The summed E-state index contributed by atoms with van der Waals surface area (Å²) in [4.78, 5) is 11.3. The molecule has 5 heteroatoms. The predicted octanol–water partition coefficient (Wildman–Crippen LogP) is 1.58. The van der Waals surface area contributed by atoms with Crippen molar-refractivity contribution in [3.05, 3.63) is 59.2 Å². The van der Waals surface area contributed by atoms with E-state index in [4.69, 9.17) is 0 Å².